The molecule has 124 valence electrons. The molecule has 0 heterocycles. The van der Waals surface area contributed by atoms with E-state index in [9.17, 15) is 14.7 Å². The first-order valence-electron chi connectivity index (χ1n) is 7.20. The zero-order chi connectivity index (χ0) is 17.4. The van der Waals surface area contributed by atoms with Crippen molar-refractivity contribution >= 4 is 35.3 Å². The number of anilines is 1. The minimum Gasteiger partial charge on any atom is -0.507 e. The average molecular weight is 346 g/mol. The van der Waals surface area contributed by atoms with Crippen LogP contribution >= 0.6 is 11.6 Å². The van der Waals surface area contributed by atoms with Crippen molar-refractivity contribution in [3.8, 4) is 5.75 Å². The van der Waals surface area contributed by atoms with Crippen LogP contribution in [0.4, 0.5) is 5.69 Å². The van der Waals surface area contributed by atoms with Crippen molar-refractivity contribution in [1.29, 1.82) is 0 Å². The Labute approximate surface area is 144 Å². The molecule has 0 bridgehead atoms. The number of hydrogen-bond acceptors (Lipinski definition) is 4. The first-order valence-corrected chi connectivity index (χ1v) is 7.58. The lowest BCUT2D eigenvalue weighted by molar-refractivity contribution is -0.124. The van der Waals surface area contributed by atoms with Gasteiger partial charge in [0, 0.05) is 29.1 Å². The first-order chi connectivity index (χ1) is 11.5. The SMILES string of the molecule is O=C(CCC(=O)Nc1cccc(Cl)c1)NN=Cc1ccccc1O. The number of aromatic hydroxyl groups is 1. The number of hydrazone groups is 1. The van der Waals surface area contributed by atoms with E-state index in [2.05, 4.69) is 15.8 Å². The summed E-state index contributed by atoms with van der Waals surface area (Å²) in [4.78, 5) is 23.4. The molecule has 0 saturated carbocycles. The molecule has 0 aromatic heterocycles. The van der Waals surface area contributed by atoms with E-state index in [0.29, 0.717) is 16.3 Å². The van der Waals surface area contributed by atoms with E-state index in [1.54, 1.807) is 42.5 Å². The van der Waals surface area contributed by atoms with E-state index in [1.807, 2.05) is 0 Å². The molecule has 0 aliphatic heterocycles. The van der Waals surface area contributed by atoms with E-state index in [1.165, 1.54) is 12.3 Å². The molecule has 2 aromatic carbocycles. The Hall–Kier alpha value is -2.86. The largest absolute Gasteiger partial charge is 0.507 e. The van der Waals surface area contributed by atoms with Crippen molar-refractivity contribution in [2.24, 2.45) is 5.10 Å². The average Bonchev–Trinajstić information content (AvgIpc) is 2.55. The van der Waals surface area contributed by atoms with E-state index in [-0.39, 0.29) is 24.5 Å². The molecule has 0 fully saturated rings. The van der Waals surface area contributed by atoms with Crippen LogP contribution in [0, 0.1) is 0 Å². The van der Waals surface area contributed by atoms with Gasteiger partial charge in [-0.2, -0.15) is 5.10 Å². The number of benzene rings is 2. The second-order valence-corrected chi connectivity index (χ2v) is 5.35. The predicted molar refractivity (Wildman–Crippen MR) is 93.2 cm³/mol. The highest BCUT2D eigenvalue weighted by atomic mass is 35.5. The van der Waals surface area contributed by atoms with E-state index < -0.39 is 5.91 Å². The fraction of sp³-hybridized carbons (Fsp3) is 0.118. The number of amides is 2. The number of phenolic OH excluding ortho intramolecular Hbond substituents is 1. The molecule has 0 saturated heterocycles. The number of halogens is 1. The van der Waals surface area contributed by atoms with E-state index in [4.69, 9.17) is 11.6 Å². The first kappa shape index (κ1) is 17.5. The van der Waals surface area contributed by atoms with Crippen molar-refractivity contribution in [2.45, 2.75) is 12.8 Å². The lowest BCUT2D eigenvalue weighted by Gasteiger charge is -2.05. The minimum atomic E-state index is -0.400. The van der Waals surface area contributed by atoms with Crippen molar-refractivity contribution < 1.29 is 14.7 Å². The Kier molecular flexibility index (Phi) is 6.33. The monoisotopic (exact) mass is 345 g/mol. The number of nitrogens with one attached hydrogen (secondary N) is 2. The van der Waals surface area contributed by atoms with Crippen molar-refractivity contribution in [2.75, 3.05) is 5.32 Å². The standard InChI is InChI=1S/C17H16ClN3O3/c18-13-5-3-6-14(10-13)20-16(23)8-9-17(24)21-19-11-12-4-1-2-7-15(12)22/h1-7,10-11,22H,8-9H2,(H,20,23)(H,21,24). The Bertz CT molecular complexity index is 762. The zero-order valence-corrected chi connectivity index (χ0v) is 13.5. The third kappa shape index (κ3) is 5.73. The molecular weight excluding hydrogens is 330 g/mol. The summed E-state index contributed by atoms with van der Waals surface area (Å²) in [6.07, 6.45) is 1.34. The molecule has 0 spiro atoms. The number of para-hydroxylation sites is 1. The van der Waals surface area contributed by atoms with Gasteiger partial charge in [-0.25, -0.2) is 5.43 Å². The van der Waals surface area contributed by atoms with Gasteiger partial charge < -0.3 is 10.4 Å². The third-order valence-electron chi connectivity index (χ3n) is 3.02. The fourth-order valence-corrected chi connectivity index (χ4v) is 2.03. The number of hydrogen-bond donors (Lipinski definition) is 3. The Morgan fingerprint density at radius 3 is 2.58 bits per heavy atom. The van der Waals surface area contributed by atoms with Crippen LogP contribution in [0.25, 0.3) is 0 Å². The highest BCUT2D eigenvalue weighted by Gasteiger charge is 2.07. The van der Waals surface area contributed by atoms with Gasteiger partial charge in [-0.05, 0) is 30.3 Å². The van der Waals surface area contributed by atoms with Crippen LogP contribution < -0.4 is 10.7 Å². The number of nitrogens with zero attached hydrogens (tertiary/aromatic N) is 1. The number of carbonyl (C=O) groups excluding carboxylic acids is 2. The molecule has 24 heavy (non-hydrogen) atoms. The molecule has 3 N–H and O–H groups in total. The molecule has 2 amide bonds. The van der Waals surface area contributed by atoms with Gasteiger partial charge in [-0.1, -0.05) is 29.8 Å². The summed E-state index contributed by atoms with van der Waals surface area (Å²) in [7, 11) is 0. The van der Waals surface area contributed by atoms with Gasteiger partial charge in [0.2, 0.25) is 11.8 Å². The topological polar surface area (TPSA) is 90.8 Å². The molecule has 2 aromatic rings. The number of rotatable bonds is 6. The second-order valence-electron chi connectivity index (χ2n) is 4.91. The maximum Gasteiger partial charge on any atom is 0.240 e. The van der Waals surface area contributed by atoms with Crippen molar-refractivity contribution in [1.82, 2.24) is 5.43 Å². The number of carbonyl (C=O) groups is 2. The van der Waals surface area contributed by atoms with Gasteiger partial charge in [0.05, 0.1) is 6.21 Å². The van der Waals surface area contributed by atoms with Crippen LogP contribution in [0.15, 0.2) is 53.6 Å². The summed E-state index contributed by atoms with van der Waals surface area (Å²) in [5.74, 6) is -0.628. The summed E-state index contributed by atoms with van der Waals surface area (Å²) in [5.41, 5.74) is 3.36. The third-order valence-corrected chi connectivity index (χ3v) is 3.25. The summed E-state index contributed by atoms with van der Waals surface area (Å²) in [5, 5.41) is 16.5. The molecule has 0 unspecified atom stereocenters. The lowest BCUT2D eigenvalue weighted by atomic mass is 10.2. The minimum absolute atomic E-state index is 0.00941. The predicted octanol–water partition coefficient (Wildman–Crippen LogP) is 2.91. The highest BCUT2D eigenvalue weighted by Crippen LogP contribution is 2.15. The van der Waals surface area contributed by atoms with Gasteiger partial charge in [0.1, 0.15) is 5.75 Å². The summed E-state index contributed by atoms with van der Waals surface area (Å²) in [6, 6.07) is 13.3. The Balaban J connectivity index is 1.75. The molecule has 6 nitrogen and oxygen atoms in total. The zero-order valence-electron chi connectivity index (χ0n) is 12.7. The maximum atomic E-state index is 11.8. The molecule has 0 atom stereocenters. The van der Waals surface area contributed by atoms with Gasteiger partial charge in [-0.3, -0.25) is 9.59 Å². The molecule has 7 heteroatoms. The molecule has 0 aliphatic carbocycles. The van der Waals surface area contributed by atoms with E-state index in [0.717, 1.165) is 0 Å². The molecule has 2 rings (SSSR count). The summed E-state index contributed by atoms with van der Waals surface area (Å²) >= 11 is 5.83. The van der Waals surface area contributed by atoms with Crippen LogP contribution in [-0.4, -0.2) is 23.1 Å². The summed E-state index contributed by atoms with van der Waals surface area (Å²) < 4.78 is 0. The van der Waals surface area contributed by atoms with Gasteiger partial charge >= 0.3 is 0 Å². The summed E-state index contributed by atoms with van der Waals surface area (Å²) in [6.45, 7) is 0. The number of phenols is 1. The van der Waals surface area contributed by atoms with Gasteiger partial charge in [-0.15, -0.1) is 0 Å². The second kappa shape index (κ2) is 8.69. The maximum absolute atomic E-state index is 11.8. The van der Waals surface area contributed by atoms with Crippen LogP contribution in [0.3, 0.4) is 0 Å². The molecular formula is C17H16ClN3O3. The van der Waals surface area contributed by atoms with Gasteiger partial charge in [0.15, 0.2) is 0 Å². The van der Waals surface area contributed by atoms with Crippen molar-refractivity contribution in [3.63, 3.8) is 0 Å². The van der Waals surface area contributed by atoms with Crippen molar-refractivity contribution in [3.05, 3.63) is 59.1 Å². The van der Waals surface area contributed by atoms with Crippen LogP contribution in [0.2, 0.25) is 5.02 Å². The lowest BCUT2D eigenvalue weighted by Crippen LogP contribution is -2.20. The van der Waals surface area contributed by atoms with Crippen LogP contribution in [0.5, 0.6) is 5.75 Å². The smallest absolute Gasteiger partial charge is 0.240 e. The highest BCUT2D eigenvalue weighted by molar-refractivity contribution is 6.30. The molecule has 0 aliphatic rings. The van der Waals surface area contributed by atoms with Crippen LogP contribution in [0.1, 0.15) is 18.4 Å². The van der Waals surface area contributed by atoms with E-state index >= 15 is 0 Å². The normalized spacial score (nSPS) is 10.5. The van der Waals surface area contributed by atoms with Crippen LogP contribution in [-0.2, 0) is 9.59 Å². The fourth-order valence-electron chi connectivity index (χ4n) is 1.84. The quantitative estimate of drug-likeness (QED) is 0.555. The Morgan fingerprint density at radius 1 is 1.08 bits per heavy atom. The Morgan fingerprint density at radius 2 is 1.83 bits per heavy atom. The van der Waals surface area contributed by atoms with Gasteiger partial charge in [0.25, 0.3) is 0 Å². The molecule has 0 radical (unpaired) electrons.